The Labute approximate surface area is 105 Å². The third kappa shape index (κ3) is 3.43. The van der Waals surface area contributed by atoms with Gasteiger partial charge in [-0.2, -0.15) is 0 Å². The second kappa shape index (κ2) is 5.82. The summed E-state index contributed by atoms with van der Waals surface area (Å²) < 4.78 is 18.4. The maximum Gasteiger partial charge on any atom is 0.251 e. The van der Waals surface area contributed by atoms with Crippen LogP contribution in [0.2, 0.25) is 0 Å². The predicted molar refractivity (Wildman–Crippen MR) is 66.7 cm³/mol. The van der Waals surface area contributed by atoms with E-state index in [2.05, 4.69) is 5.32 Å². The van der Waals surface area contributed by atoms with E-state index >= 15 is 0 Å². The first-order valence-electron chi connectivity index (χ1n) is 6.07. The van der Waals surface area contributed by atoms with E-state index in [1.165, 1.54) is 18.2 Å². The zero-order valence-corrected chi connectivity index (χ0v) is 10.1. The van der Waals surface area contributed by atoms with Crippen LogP contribution < -0.4 is 11.1 Å². The fourth-order valence-corrected chi connectivity index (χ4v) is 2.05. The van der Waals surface area contributed by atoms with E-state index in [1.807, 2.05) is 0 Å². The maximum atomic E-state index is 13.1. The van der Waals surface area contributed by atoms with Crippen LogP contribution in [0.4, 0.5) is 10.1 Å². The number of hydrogen-bond acceptors (Lipinski definition) is 3. The monoisotopic (exact) mass is 252 g/mol. The van der Waals surface area contributed by atoms with Crippen molar-refractivity contribution in [3.05, 3.63) is 29.6 Å². The molecule has 1 saturated heterocycles. The molecule has 1 aromatic rings. The Morgan fingerprint density at radius 1 is 1.50 bits per heavy atom. The molecular formula is C13H17FN2O2. The fraction of sp³-hybridized carbons (Fsp3) is 0.462. The van der Waals surface area contributed by atoms with Crippen molar-refractivity contribution in [1.82, 2.24) is 5.32 Å². The third-order valence-electron chi connectivity index (χ3n) is 2.99. The maximum absolute atomic E-state index is 13.1. The summed E-state index contributed by atoms with van der Waals surface area (Å²) in [5.74, 6) is -0.457. The van der Waals surface area contributed by atoms with Crippen molar-refractivity contribution in [2.75, 3.05) is 25.5 Å². The summed E-state index contributed by atoms with van der Waals surface area (Å²) in [6, 6.07) is 3.84. The number of amides is 1. The molecule has 0 aromatic heterocycles. The van der Waals surface area contributed by atoms with Crippen LogP contribution in [0.15, 0.2) is 18.2 Å². The van der Waals surface area contributed by atoms with Crippen molar-refractivity contribution in [2.45, 2.75) is 12.8 Å². The number of nitrogen functional groups attached to an aromatic ring is 1. The van der Waals surface area contributed by atoms with Crippen molar-refractivity contribution in [3.63, 3.8) is 0 Å². The van der Waals surface area contributed by atoms with Gasteiger partial charge in [-0.1, -0.05) is 0 Å². The number of hydrogen-bond donors (Lipinski definition) is 2. The van der Waals surface area contributed by atoms with Crippen molar-refractivity contribution in [2.24, 2.45) is 5.92 Å². The van der Waals surface area contributed by atoms with Gasteiger partial charge in [-0.3, -0.25) is 4.79 Å². The molecule has 3 N–H and O–H groups in total. The van der Waals surface area contributed by atoms with Crippen LogP contribution in [0.5, 0.6) is 0 Å². The van der Waals surface area contributed by atoms with Crippen LogP contribution in [0.1, 0.15) is 23.2 Å². The highest BCUT2D eigenvalue weighted by Crippen LogP contribution is 2.13. The number of ether oxygens (including phenoxy) is 1. The minimum absolute atomic E-state index is 0.251. The molecule has 98 valence electrons. The van der Waals surface area contributed by atoms with E-state index in [9.17, 15) is 9.18 Å². The Balaban J connectivity index is 1.90. The summed E-state index contributed by atoms with van der Waals surface area (Å²) in [7, 11) is 0. The number of carbonyl (C=O) groups is 1. The molecule has 4 nitrogen and oxygen atoms in total. The first kappa shape index (κ1) is 12.8. The van der Waals surface area contributed by atoms with Crippen LogP contribution in [0.3, 0.4) is 0 Å². The molecule has 1 aliphatic heterocycles. The van der Waals surface area contributed by atoms with Gasteiger partial charge in [-0.15, -0.1) is 0 Å². The van der Waals surface area contributed by atoms with Gasteiger partial charge < -0.3 is 15.8 Å². The Morgan fingerprint density at radius 2 is 2.33 bits per heavy atom. The average Bonchev–Trinajstić information content (AvgIpc) is 2.36. The van der Waals surface area contributed by atoms with Gasteiger partial charge in [0.1, 0.15) is 5.82 Å². The predicted octanol–water partition coefficient (Wildman–Crippen LogP) is 1.56. The molecule has 1 fully saturated rings. The minimum Gasteiger partial charge on any atom is -0.399 e. The molecule has 1 amide bonds. The van der Waals surface area contributed by atoms with Crippen LogP contribution in [-0.4, -0.2) is 25.7 Å². The lowest BCUT2D eigenvalue weighted by Gasteiger charge is -2.22. The van der Waals surface area contributed by atoms with Crippen LogP contribution in [-0.2, 0) is 4.74 Å². The van der Waals surface area contributed by atoms with Gasteiger partial charge in [0.15, 0.2) is 0 Å². The lowest BCUT2D eigenvalue weighted by molar-refractivity contribution is 0.0536. The van der Waals surface area contributed by atoms with E-state index in [1.54, 1.807) is 0 Å². The zero-order valence-electron chi connectivity index (χ0n) is 10.1. The highest BCUT2D eigenvalue weighted by Gasteiger charge is 2.15. The molecule has 2 rings (SSSR count). The largest absolute Gasteiger partial charge is 0.399 e. The number of anilines is 1. The lowest BCUT2D eigenvalue weighted by atomic mass is 10.0. The van der Waals surface area contributed by atoms with E-state index in [-0.39, 0.29) is 17.2 Å². The number of benzene rings is 1. The molecule has 5 heteroatoms. The zero-order chi connectivity index (χ0) is 13.0. The summed E-state index contributed by atoms with van der Waals surface area (Å²) >= 11 is 0. The van der Waals surface area contributed by atoms with E-state index in [4.69, 9.17) is 10.5 Å². The van der Waals surface area contributed by atoms with Crippen LogP contribution in [0.25, 0.3) is 0 Å². The van der Waals surface area contributed by atoms with E-state index in [0.717, 1.165) is 19.4 Å². The quantitative estimate of drug-likeness (QED) is 0.802. The van der Waals surface area contributed by atoms with Crippen LogP contribution >= 0.6 is 0 Å². The highest BCUT2D eigenvalue weighted by atomic mass is 19.1. The molecule has 0 radical (unpaired) electrons. The fourth-order valence-electron chi connectivity index (χ4n) is 2.05. The van der Waals surface area contributed by atoms with E-state index < -0.39 is 5.82 Å². The first-order chi connectivity index (χ1) is 8.65. The van der Waals surface area contributed by atoms with Crippen molar-refractivity contribution < 1.29 is 13.9 Å². The summed E-state index contributed by atoms with van der Waals surface area (Å²) in [6.07, 6.45) is 2.07. The van der Waals surface area contributed by atoms with Gasteiger partial charge in [-0.05, 0) is 37.0 Å². The van der Waals surface area contributed by atoms with Gasteiger partial charge >= 0.3 is 0 Å². The molecule has 18 heavy (non-hydrogen) atoms. The minimum atomic E-state index is -0.499. The molecule has 0 spiro atoms. The average molecular weight is 252 g/mol. The molecule has 1 unspecified atom stereocenters. The van der Waals surface area contributed by atoms with Gasteiger partial charge in [0.2, 0.25) is 0 Å². The number of nitrogens with one attached hydrogen (secondary N) is 1. The normalized spacial score (nSPS) is 19.5. The summed E-state index contributed by atoms with van der Waals surface area (Å²) in [5.41, 5.74) is 6.00. The standard InChI is InChI=1S/C13H17FN2O2/c14-11-4-10(5-12(15)6-11)13(17)16-7-9-2-1-3-18-8-9/h4-6,9H,1-3,7-8,15H2,(H,16,17). The molecule has 0 bridgehead atoms. The molecular weight excluding hydrogens is 235 g/mol. The lowest BCUT2D eigenvalue weighted by Crippen LogP contribution is -2.33. The Kier molecular flexibility index (Phi) is 4.15. The van der Waals surface area contributed by atoms with Crippen molar-refractivity contribution in [1.29, 1.82) is 0 Å². The summed E-state index contributed by atoms with van der Waals surface area (Å²) in [4.78, 5) is 11.8. The second-order valence-corrected chi connectivity index (χ2v) is 4.57. The summed E-state index contributed by atoms with van der Waals surface area (Å²) in [5, 5.41) is 2.78. The third-order valence-corrected chi connectivity index (χ3v) is 2.99. The Bertz CT molecular complexity index is 411. The van der Waals surface area contributed by atoms with Crippen molar-refractivity contribution >= 4 is 11.6 Å². The Hall–Kier alpha value is -1.62. The van der Waals surface area contributed by atoms with Crippen LogP contribution in [0, 0.1) is 11.7 Å². The number of nitrogens with two attached hydrogens (primary N) is 1. The Morgan fingerprint density at radius 3 is 3.00 bits per heavy atom. The van der Waals surface area contributed by atoms with Gasteiger partial charge in [0.25, 0.3) is 5.91 Å². The molecule has 1 atom stereocenters. The number of carbonyl (C=O) groups excluding carboxylic acids is 1. The van der Waals surface area contributed by atoms with Gasteiger partial charge in [0.05, 0.1) is 6.61 Å². The molecule has 1 aromatic carbocycles. The molecule has 0 saturated carbocycles. The molecule has 0 aliphatic carbocycles. The summed E-state index contributed by atoms with van der Waals surface area (Å²) in [6.45, 7) is 2.02. The molecule has 1 heterocycles. The molecule has 1 aliphatic rings. The number of rotatable bonds is 3. The second-order valence-electron chi connectivity index (χ2n) is 4.57. The van der Waals surface area contributed by atoms with Gasteiger partial charge in [0, 0.05) is 24.4 Å². The van der Waals surface area contributed by atoms with E-state index in [0.29, 0.717) is 19.1 Å². The van der Waals surface area contributed by atoms with Gasteiger partial charge in [-0.25, -0.2) is 4.39 Å². The topological polar surface area (TPSA) is 64.4 Å². The SMILES string of the molecule is Nc1cc(F)cc(C(=O)NCC2CCCOC2)c1. The highest BCUT2D eigenvalue weighted by molar-refractivity contribution is 5.95. The smallest absolute Gasteiger partial charge is 0.251 e. The first-order valence-corrected chi connectivity index (χ1v) is 6.07. The van der Waals surface area contributed by atoms with Crippen molar-refractivity contribution in [3.8, 4) is 0 Å². The number of halogens is 1.